The molecule has 1 amide bonds. The molecule has 0 radical (unpaired) electrons. The van der Waals surface area contributed by atoms with E-state index >= 15 is 0 Å². The molecule has 1 heterocycles. The third kappa shape index (κ3) is 2.24. The summed E-state index contributed by atoms with van der Waals surface area (Å²) in [6, 6.07) is 0.0338. The predicted octanol–water partition coefficient (Wildman–Crippen LogP) is 0.495. The monoisotopic (exact) mass is 222 g/mol. The highest BCUT2D eigenvalue weighted by Crippen LogP contribution is 2.25. The zero-order chi connectivity index (χ0) is 11.5. The molecule has 1 aliphatic carbocycles. The first-order valence-corrected chi connectivity index (χ1v) is 5.67. The number of imidazole rings is 1. The van der Waals surface area contributed by atoms with Crippen LogP contribution in [0.4, 0.5) is 0 Å². The fraction of sp³-hybridized carbons (Fsp3) is 0.636. The highest BCUT2D eigenvalue weighted by Gasteiger charge is 2.32. The molecule has 0 spiro atoms. The number of amides is 1. The van der Waals surface area contributed by atoms with Crippen molar-refractivity contribution >= 4 is 5.91 Å². The molecule has 0 saturated heterocycles. The van der Waals surface area contributed by atoms with E-state index in [2.05, 4.69) is 9.97 Å². The SMILES string of the molecule is CN(Cc1ncc[nH]1)C(=O)C1CCCC1N. The molecule has 0 aromatic carbocycles. The van der Waals surface area contributed by atoms with E-state index in [1.807, 2.05) is 0 Å². The number of H-pyrrole nitrogens is 1. The molecule has 1 aromatic rings. The Balaban J connectivity index is 1.94. The van der Waals surface area contributed by atoms with Gasteiger partial charge in [0.2, 0.25) is 5.91 Å². The van der Waals surface area contributed by atoms with Crippen molar-refractivity contribution in [1.29, 1.82) is 0 Å². The van der Waals surface area contributed by atoms with Crippen molar-refractivity contribution in [3.05, 3.63) is 18.2 Å². The summed E-state index contributed by atoms with van der Waals surface area (Å²) in [6.45, 7) is 0.523. The first kappa shape index (κ1) is 11.1. The van der Waals surface area contributed by atoms with Crippen LogP contribution in [0.25, 0.3) is 0 Å². The van der Waals surface area contributed by atoms with Crippen LogP contribution in [0.2, 0.25) is 0 Å². The maximum Gasteiger partial charge on any atom is 0.227 e. The van der Waals surface area contributed by atoms with E-state index in [1.54, 1.807) is 24.3 Å². The van der Waals surface area contributed by atoms with Gasteiger partial charge < -0.3 is 15.6 Å². The molecule has 2 rings (SSSR count). The predicted molar refractivity (Wildman–Crippen MR) is 60.4 cm³/mol. The zero-order valence-electron chi connectivity index (χ0n) is 9.52. The second-order valence-corrected chi connectivity index (χ2v) is 4.43. The lowest BCUT2D eigenvalue weighted by atomic mass is 10.0. The van der Waals surface area contributed by atoms with E-state index in [-0.39, 0.29) is 17.9 Å². The molecule has 2 atom stereocenters. The van der Waals surface area contributed by atoms with Gasteiger partial charge in [-0.3, -0.25) is 4.79 Å². The number of carbonyl (C=O) groups is 1. The van der Waals surface area contributed by atoms with E-state index in [4.69, 9.17) is 5.73 Å². The molecule has 1 aromatic heterocycles. The molecule has 1 fully saturated rings. The molecule has 2 unspecified atom stereocenters. The summed E-state index contributed by atoms with van der Waals surface area (Å²) in [4.78, 5) is 20.9. The molecule has 1 aliphatic rings. The van der Waals surface area contributed by atoms with E-state index < -0.39 is 0 Å². The number of nitrogens with one attached hydrogen (secondary N) is 1. The molecule has 5 heteroatoms. The Labute approximate surface area is 95.0 Å². The minimum absolute atomic E-state index is 0.0000350. The number of carbonyl (C=O) groups excluding carboxylic acids is 1. The van der Waals surface area contributed by atoms with Gasteiger partial charge in [0.05, 0.1) is 12.5 Å². The molecule has 16 heavy (non-hydrogen) atoms. The number of aromatic amines is 1. The molecule has 5 nitrogen and oxygen atoms in total. The Morgan fingerprint density at radius 2 is 2.50 bits per heavy atom. The van der Waals surface area contributed by atoms with Crippen LogP contribution in [0.15, 0.2) is 12.4 Å². The van der Waals surface area contributed by atoms with E-state index in [0.29, 0.717) is 6.54 Å². The van der Waals surface area contributed by atoms with Gasteiger partial charge in [-0.15, -0.1) is 0 Å². The summed E-state index contributed by atoms with van der Waals surface area (Å²) < 4.78 is 0. The Morgan fingerprint density at radius 3 is 3.06 bits per heavy atom. The maximum absolute atomic E-state index is 12.1. The molecular weight excluding hydrogens is 204 g/mol. The third-order valence-electron chi connectivity index (χ3n) is 3.20. The van der Waals surface area contributed by atoms with Crippen LogP contribution >= 0.6 is 0 Å². The van der Waals surface area contributed by atoms with Gasteiger partial charge in [0.25, 0.3) is 0 Å². The van der Waals surface area contributed by atoms with Gasteiger partial charge in [0.1, 0.15) is 5.82 Å². The molecule has 0 bridgehead atoms. The number of rotatable bonds is 3. The summed E-state index contributed by atoms with van der Waals surface area (Å²) in [5.74, 6) is 0.948. The van der Waals surface area contributed by atoms with Gasteiger partial charge in [0, 0.05) is 25.5 Å². The van der Waals surface area contributed by atoms with Crippen molar-refractivity contribution in [2.45, 2.75) is 31.8 Å². The van der Waals surface area contributed by atoms with Gasteiger partial charge in [-0.05, 0) is 12.8 Å². The van der Waals surface area contributed by atoms with Crippen LogP contribution in [0.5, 0.6) is 0 Å². The van der Waals surface area contributed by atoms with Gasteiger partial charge in [-0.25, -0.2) is 4.98 Å². The average Bonchev–Trinajstić information content (AvgIpc) is 2.88. The van der Waals surface area contributed by atoms with Crippen LogP contribution in [0.1, 0.15) is 25.1 Å². The van der Waals surface area contributed by atoms with Crippen LogP contribution in [0, 0.1) is 5.92 Å². The Bertz CT molecular complexity index is 349. The van der Waals surface area contributed by atoms with Gasteiger partial charge in [-0.1, -0.05) is 6.42 Å². The topological polar surface area (TPSA) is 75.0 Å². The first-order chi connectivity index (χ1) is 7.68. The van der Waals surface area contributed by atoms with Gasteiger partial charge in [0.15, 0.2) is 0 Å². The Hall–Kier alpha value is -1.36. The summed E-state index contributed by atoms with van der Waals surface area (Å²) in [5, 5.41) is 0. The minimum Gasteiger partial charge on any atom is -0.347 e. The van der Waals surface area contributed by atoms with Crippen molar-refractivity contribution in [3.8, 4) is 0 Å². The van der Waals surface area contributed by atoms with Crippen molar-refractivity contribution in [3.63, 3.8) is 0 Å². The molecule has 3 N–H and O–H groups in total. The molecule has 0 aliphatic heterocycles. The van der Waals surface area contributed by atoms with Crippen LogP contribution in [-0.4, -0.2) is 33.9 Å². The minimum atomic E-state index is -0.0000350. The fourth-order valence-corrected chi connectivity index (χ4v) is 2.27. The standard InChI is InChI=1S/C11H18N4O/c1-15(7-10-13-5-6-14-10)11(16)8-3-2-4-9(8)12/h5-6,8-9H,2-4,7,12H2,1H3,(H,13,14). The molecular formula is C11H18N4O. The van der Waals surface area contributed by atoms with Crippen molar-refractivity contribution in [2.75, 3.05) is 7.05 Å². The second kappa shape index (κ2) is 4.65. The lowest BCUT2D eigenvalue weighted by Crippen LogP contribution is -2.39. The number of nitrogens with two attached hydrogens (primary N) is 1. The van der Waals surface area contributed by atoms with Crippen LogP contribution in [-0.2, 0) is 11.3 Å². The Morgan fingerprint density at radius 1 is 1.69 bits per heavy atom. The second-order valence-electron chi connectivity index (χ2n) is 4.43. The summed E-state index contributed by atoms with van der Waals surface area (Å²) in [6.07, 6.45) is 6.39. The number of nitrogens with zero attached hydrogens (tertiary/aromatic N) is 2. The average molecular weight is 222 g/mol. The highest BCUT2D eigenvalue weighted by molar-refractivity contribution is 5.79. The normalized spacial score (nSPS) is 24.6. The first-order valence-electron chi connectivity index (χ1n) is 5.67. The third-order valence-corrected chi connectivity index (χ3v) is 3.20. The van der Waals surface area contributed by atoms with Crippen LogP contribution in [0.3, 0.4) is 0 Å². The van der Waals surface area contributed by atoms with Crippen molar-refractivity contribution in [2.24, 2.45) is 11.7 Å². The highest BCUT2D eigenvalue weighted by atomic mass is 16.2. The smallest absolute Gasteiger partial charge is 0.227 e. The number of hydrogen-bond donors (Lipinski definition) is 2. The molecule has 88 valence electrons. The largest absolute Gasteiger partial charge is 0.347 e. The van der Waals surface area contributed by atoms with Gasteiger partial charge >= 0.3 is 0 Å². The fourth-order valence-electron chi connectivity index (χ4n) is 2.27. The lowest BCUT2D eigenvalue weighted by molar-refractivity contribution is -0.135. The molecule has 1 saturated carbocycles. The van der Waals surface area contributed by atoms with E-state index in [0.717, 1.165) is 25.1 Å². The van der Waals surface area contributed by atoms with Gasteiger partial charge in [-0.2, -0.15) is 0 Å². The van der Waals surface area contributed by atoms with E-state index in [9.17, 15) is 4.79 Å². The Kier molecular flexibility index (Phi) is 3.24. The van der Waals surface area contributed by atoms with E-state index in [1.165, 1.54) is 0 Å². The summed E-state index contributed by atoms with van der Waals surface area (Å²) >= 11 is 0. The maximum atomic E-state index is 12.1. The van der Waals surface area contributed by atoms with Crippen molar-refractivity contribution in [1.82, 2.24) is 14.9 Å². The quantitative estimate of drug-likeness (QED) is 0.781. The summed E-state index contributed by atoms with van der Waals surface area (Å²) in [5.41, 5.74) is 5.92. The number of hydrogen-bond acceptors (Lipinski definition) is 3. The summed E-state index contributed by atoms with van der Waals surface area (Å²) in [7, 11) is 1.80. The zero-order valence-corrected chi connectivity index (χ0v) is 9.52. The van der Waals surface area contributed by atoms with Crippen LogP contribution < -0.4 is 5.73 Å². The lowest BCUT2D eigenvalue weighted by Gasteiger charge is -2.22. The number of aromatic nitrogens is 2. The van der Waals surface area contributed by atoms with Crippen molar-refractivity contribution < 1.29 is 4.79 Å².